The van der Waals surface area contributed by atoms with Crippen molar-refractivity contribution in [3.05, 3.63) is 35.4 Å². The zero-order valence-corrected chi connectivity index (χ0v) is 12.9. The van der Waals surface area contributed by atoms with Crippen LogP contribution in [0.3, 0.4) is 0 Å². The van der Waals surface area contributed by atoms with Crippen molar-refractivity contribution in [2.75, 3.05) is 6.61 Å². The number of esters is 1. The second-order valence-electron chi connectivity index (χ2n) is 5.28. The smallest absolute Gasteiger partial charge is 0.305 e. The van der Waals surface area contributed by atoms with Gasteiger partial charge in [-0.2, -0.15) is 0 Å². The second-order valence-corrected chi connectivity index (χ2v) is 5.28. The molecule has 1 rings (SSSR count). The molecule has 0 radical (unpaired) electrons. The molecule has 0 aliphatic carbocycles. The lowest BCUT2D eigenvalue weighted by atomic mass is 9.95. The van der Waals surface area contributed by atoms with E-state index in [9.17, 15) is 4.79 Å². The number of rotatable bonds is 8. The minimum atomic E-state index is -0.133. The molecule has 0 heterocycles. The Bertz CT molecular complexity index is 400. The van der Waals surface area contributed by atoms with Crippen LogP contribution in [-0.2, 0) is 9.53 Å². The minimum Gasteiger partial charge on any atom is -0.466 e. The van der Waals surface area contributed by atoms with E-state index in [2.05, 4.69) is 38.1 Å². The van der Waals surface area contributed by atoms with E-state index in [1.807, 2.05) is 6.92 Å². The first-order chi connectivity index (χ1) is 9.58. The van der Waals surface area contributed by atoms with E-state index >= 15 is 0 Å². The third kappa shape index (κ3) is 5.33. The van der Waals surface area contributed by atoms with Crippen LogP contribution in [-0.4, -0.2) is 12.6 Å². The summed E-state index contributed by atoms with van der Waals surface area (Å²) in [5.74, 6) is 0.455. The molecule has 0 saturated heterocycles. The van der Waals surface area contributed by atoms with Crippen molar-refractivity contribution in [3.63, 3.8) is 0 Å². The average Bonchev–Trinajstić information content (AvgIpc) is 2.46. The van der Waals surface area contributed by atoms with Crippen molar-refractivity contribution in [2.45, 2.75) is 58.4 Å². The molecule has 0 aliphatic heterocycles. The molecule has 1 aromatic rings. The number of carbonyl (C=O) groups excluding carboxylic acids is 1. The van der Waals surface area contributed by atoms with Crippen molar-refractivity contribution in [1.82, 2.24) is 0 Å². The van der Waals surface area contributed by atoms with Crippen LogP contribution in [0.15, 0.2) is 24.3 Å². The predicted molar refractivity (Wildman–Crippen MR) is 82.6 cm³/mol. The molecule has 0 aliphatic rings. The molecule has 3 nitrogen and oxygen atoms in total. The molecule has 2 atom stereocenters. The van der Waals surface area contributed by atoms with Gasteiger partial charge in [-0.25, -0.2) is 0 Å². The Kier molecular flexibility index (Phi) is 7.31. The molecule has 20 heavy (non-hydrogen) atoms. The molecule has 0 bridgehead atoms. The Morgan fingerprint density at radius 1 is 1.20 bits per heavy atom. The van der Waals surface area contributed by atoms with Crippen molar-refractivity contribution in [1.29, 1.82) is 0 Å². The van der Waals surface area contributed by atoms with E-state index in [-0.39, 0.29) is 12.0 Å². The lowest BCUT2D eigenvalue weighted by Gasteiger charge is -2.14. The highest BCUT2D eigenvalue weighted by atomic mass is 16.5. The van der Waals surface area contributed by atoms with Gasteiger partial charge in [-0.15, -0.1) is 0 Å². The van der Waals surface area contributed by atoms with Crippen LogP contribution in [0.25, 0.3) is 0 Å². The summed E-state index contributed by atoms with van der Waals surface area (Å²) in [5.41, 5.74) is 8.66. The van der Waals surface area contributed by atoms with Gasteiger partial charge in [0.15, 0.2) is 0 Å². The van der Waals surface area contributed by atoms with Gasteiger partial charge < -0.3 is 10.5 Å². The van der Waals surface area contributed by atoms with E-state index in [4.69, 9.17) is 10.5 Å². The molecular formula is C17H27NO2. The largest absolute Gasteiger partial charge is 0.466 e. The van der Waals surface area contributed by atoms with Crippen LogP contribution in [0.1, 0.15) is 69.5 Å². The average molecular weight is 277 g/mol. The van der Waals surface area contributed by atoms with Gasteiger partial charge in [0.05, 0.1) is 6.61 Å². The molecule has 0 aromatic heterocycles. The quantitative estimate of drug-likeness (QED) is 0.732. The summed E-state index contributed by atoms with van der Waals surface area (Å²) in [6.07, 6.45) is 3.17. The summed E-state index contributed by atoms with van der Waals surface area (Å²) in [5, 5.41) is 0. The Balaban J connectivity index is 2.43. The third-order valence-electron chi connectivity index (χ3n) is 3.75. The summed E-state index contributed by atoms with van der Waals surface area (Å²) in [6.45, 7) is 6.69. The highest BCUT2D eigenvalue weighted by Crippen LogP contribution is 2.22. The summed E-state index contributed by atoms with van der Waals surface area (Å²) < 4.78 is 4.90. The molecule has 0 spiro atoms. The van der Waals surface area contributed by atoms with E-state index in [1.54, 1.807) is 0 Å². The topological polar surface area (TPSA) is 52.3 Å². The minimum absolute atomic E-state index is 0.00425. The molecule has 0 amide bonds. The summed E-state index contributed by atoms with van der Waals surface area (Å²) in [7, 11) is 0. The number of hydrogen-bond donors (Lipinski definition) is 1. The van der Waals surface area contributed by atoms with Crippen molar-refractivity contribution in [2.24, 2.45) is 5.73 Å². The molecule has 0 saturated carbocycles. The van der Waals surface area contributed by atoms with Gasteiger partial charge in [0.2, 0.25) is 0 Å². The van der Waals surface area contributed by atoms with Crippen LogP contribution in [0, 0.1) is 0 Å². The van der Waals surface area contributed by atoms with Crippen molar-refractivity contribution < 1.29 is 9.53 Å². The van der Waals surface area contributed by atoms with Crippen molar-refractivity contribution >= 4 is 5.97 Å². The Morgan fingerprint density at radius 2 is 1.80 bits per heavy atom. The molecule has 0 fully saturated rings. The van der Waals surface area contributed by atoms with Gasteiger partial charge in [-0.1, -0.05) is 38.1 Å². The normalized spacial score (nSPS) is 13.8. The standard InChI is InChI=1S/C17H27NO2/c1-4-13(3)14-9-11-15(12-10-14)16(18)7-6-8-17(19)20-5-2/h9-13,16H,4-8,18H2,1-3H3. The van der Waals surface area contributed by atoms with Gasteiger partial charge in [0, 0.05) is 12.5 Å². The molecule has 112 valence electrons. The van der Waals surface area contributed by atoms with Gasteiger partial charge in [-0.05, 0) is 43.2 Å². The van der Waals surface area contributed by atoms with Crippen LogP contribution < -0.4 is 5.73 Å². The van der Waals surface area contributed by atoms with E-state index in [0.29, 0.717) is 18.9 Å². The van der Waals surface area contributed by atoms with Crippen LogP contribution in [0.2, 0.25) is 0 Å². The third-order valence-corrected chi connectivity index (χ3v) is 3.75. The SMILES string of the molecule is CCOC(=O)CCCC(N)c1ccc(C(C)CC)cc1. The predicted octanol–water partition coefficient (Wildman–Crippen LogP) is 3.93. The van der Waals surface area contributed by atoms with Gasteiger partial charge in [0.1, 0.15) is 0 Å². The monoisotopic (exact) mass is 277 g/mol. The Morgan fingerprint density at radius 3 is 2.35 bits per heavy atom. The lowest BCUT2D eigenvalue weighted by molar-refractivity contribution is -0.143. The van der Waals surface area contributed by atoms with E-state index in [1.165, 1.54) is 5.56 Å². The van der Waals surface area contributed by atoms with Gasteiger partial charge in [-0.3, -0.25) is 4.79 Å². The Labute approximate surface area is 122 Å². The van der Waals surface area contributed by atoms with E-state index in [0.717, 1.165) is 24.8 Å². The number of nitrogens with two attached hydrogens (primary N) is 1. The fourth-order valence-electron chi connectivity index (χ4n) is 2.17. The zero-order valence-electron chi connectivity index (χ0n) is 12.9. The molecule has 3 heteroatoms. The Hall–Kier alpha value is -1.35. The highest BCUT2D eigenvalue weighted by molar-refractivity contribution is 5.69. The fourth-order valence-corrected chi connectivity index (χ4v) is 2.17. The van der Waals surface area contributed by atoms with Crippen molar-refractivity contribution in [3.8, 4) is 0 Å². The second kappa shape index (κ2) is 8.75. The summed E-state index contributed by atoms with van der Waals surface area (Å²) in [4.78, 5) is 11.3. The maximum atomic E-state index is 11.3. The highest BCUT2D eigenvalue weighted by Gasteiger charge is 2.09. The maximum absolute atomic E-state index is 11.3. The molecule has 1 aromatic carbocycles. The summed E-state index contributed by atoms with van der Waals surface area (Å²) >= 11 is 0. The number of hydrogen-bond acceptors (Lipinski definition) is 3. The van der Waals surface area contributed by atoms with Crippen LogP contribution in [0.5, 0.6) is 0 Å². The molecule has 2 unspecified atom stereocenters. The lowest BCUT2D eigenvalue weighted by Crippen LogP contribution is -2.12. The van der Waals surface area contributed by atoms with Crippen LogP contribution >= 0.6 is 0 Å². The van der Waals surface area contributed by atoms with Gasteiger partial charge in [0.25, 0.3) is 0 Å². The first-order valence-electron chi connectivity index (χ1n) is 7.59. The van der Waals surface area contributed by atoms with Crippen LogP contribution in [0.4, 0.5) is 0 Å². The first-order valence-corrected chi connectivity index (χ1v) is 7.59. The number of carbonyl (C=O) groups is 1. The van der Waals surface area contributed by atoms with E-state index < -0.39 is 0 Å². The maximum Gasteiger partial charge on any atom is 0.305 e. The summed E-state index contributed by atoms with van der Waals surface area (Å²) in [6, 6.07) is 8.53. The number of benzene rings is 1. The zero-order chi connectivity index (χ0) is 15.0. The fraction of sp³-hybridized carbons (Fsp3) is 0.588. The number of ether oxygens (including phenoxy) is 1. The first kappa shape index (κ1) is 16.7. The van der Waals surface area contributed by atoms with Gasteiger partial charge >= 0.3 is 5.97 Å². The molecule has 2 N–H and O–H groups in total. The molecular weight excluding hydrogens is 250 g/mol.